The second kappa shape index (κ2) is 8.97. The number of aliphatic hydroxyl groups is 1. The highest BCUT2D eigenvalue weighted by molar-refractivity contribution is 5.73. The molecule has 1 heterocycles. The normalized spacial score (nSPS) is 11.6. The van der Waals surface area contributed by atoms with Gasteiger partial charge in [-0.2, -0.15) is 0 Å². The zero-order valence-electron chi connectivity index (χ0n) is 16.1. The predicted molar refractivity (Wildman–Crippen MR) is 107 cm³/mol. The number of aryl methyl sites for hydroxylation is 1. The lowest BCUT2D eigenvalue weighted by molar-refractivity contribution is 0.284. The van der Waals surface area contributed by atoms with E-state index in [0.29, 0.717) is 12.2 Å². The van der Waals surface area contributed by atoms with Crippen LogP contribution < -0.4 is 0 Å². The maximum absolute atomic E-state index is 10.9. The first-order chi connectivity index (χ1) is 13.2. The third-order valence-electron chi connectivity index (χ3n) is 4.89. The fourth-order valence-corrected chi connectivity index (χ4v) is 3.26. The summed E-state index contributed by atoms with van der Waals surface area (Å²) >= 11 is 0. The van der Waals surface area contributed by atoms with Gasteiger partial charge in [0.2, 0.25) is 0 Å². The molecule has 1 aromatic heterocycles. The summed E-state index contributed by atoms with van der Waals surface area (Å²) < 4.78 is 0. The van der Waals surface area contributed by atoms with E-state index in [2.05, 4.69) is 35.0 Å². The Morgan fingerprint density at radius 1 is 1.00 bits per heavy atom. The van der Waals surface area contributed by atoms with Crippen molar-refractivity contribution in [3.63, 3.8) is 0 Å². The average molecular weight is 368 g/mol. The van der Waals surface area contributed by atoms with Crippen molar-refractivity contribution >= 4 is 11.0 Å². The number of hydrogen-bond donors (Lipinski definition) is 2. The Balaban J connectivity index is 2.02. The van der Waals surface area contributed by atoms with Gasteiger partial charge in [0.1, 0.15) is 22.5 Å². The third kappa shape index (κ3) is 4.46. The first kappa shape index (κ1) is 19.3. The molecule has 2 N–H and O–H groups in total. The van der Waals surface area contributed by atoms with Gasteiger partial charge in [0.05, 0.1) is 0 Å². The molecule has 0 bridgehead atoms. The number of aromatic nitrogens is 3. The highest BCUT2D eigenvalue weighted by atomic mass is 16.3. The van der Waals surface area contributed by atoms with Crippen LogP contribution in [0.3, 0.4) is 0 Å². The summed E-state index contributed by atoms with van der Waals surface area (Å²) in [7, 11) is 0. The Morgan fingerprint density at radius 3 is 2.26 bits per heavy atom. The van der Waals surface area contributed by atoms with Crippen LogP contribution in [0.2, 0.25) is 0 Å². The molecule has 3 aromatic rings. The molecule has 0 spiro atoms. The summed E-state index contributed by atoms with van der Waals surface area (Å²) in [6.07, 6.45) is 2.52. The molecule has 0 saturated heterocycles. The average Bonchev–Trinajstić information content (AvgIpc) is 3.12. The summed E-state index contributed by atoms with van der Waals surface area (Å²) in [4.78, 5) is 3.80. The van der Waals surface area contributed by atoms with Crippen LogP contribution in [-0.4, -0.2) is 49.8 Å². The highest BCUT2D eigenvalue weighted by Gasteiger charge is 2.16. The number of benzene rings is 2. The molecule has 0 unspecified atom stereocenters. The summed E-state index contributed by atoms with van der Waals surface area (Å²) in [5, 5.41) is 29.1. The molecular formula is C21H28N4O2. The molecule has 0 amide bonds. The molecule has 6 heteroatoms. The maximum Gasteiger partial charge on any atom is 0.147 e. The second-order valence-corrected chi connectivity index (χ2v) is 6.74. The molecule has 6 nitrogen and oxygen atoms in total. The van der Waals surface area contributed by atoms with Crippen LogP contribution in [0.1, 0.15) is 37.8 Å². The van der Waals surface area contributed by atoms with Crippen LogP contribution >= 0.6 is 0 Å². The van der Waals surface area contributed by atoms with E-state index >= 15 is 0 Å². The van der Waals surface area contributed by atoms with Gasteiger partial charge in [0.25, 0.3) is 0 Å². The van der Waals surface area contributed by atoms with Gasteiger partial charge in [-0.3, -0.25) is 4.90 Å². The van der Waals surface area contributed by atoms with Gasteiger partial charge in [-0.05, 0) is 56.1 Å². The minimum Gasteiger partial charge on any atom is -0.505 e. The smallest absolute Gasteiger partial charge is 0.147 e. The number of aliphatic hydroxyl groups excluding tert-OH is 1. The van der Waals surface area contributed by atoms with Crippen LogP contribution in [0.15, 0.2) is 36.4 Å². The van der Waals surface area contributed by atoms with Gasteiger partial charge < -0.3 is 10.2 Å². The molecule has 0 aliphatic rings. The van der Waals surface area contributed by atoms with Crippen molar-refractivity contribution < 1.29 is 10.2 Å². The quantitative estimate of drug-likeness (QED) is 0.567. The van der Waals surface area contributed by atoms with E-state index in [1.165, 1.54) is 4.80 Å². The van der Waals surface area contributed by atoms with Crippen molar-refractivity contribution in [3.8, 4) is 11.4 Å². The van der Waals surface area contributed by atoms with Crippen molar-refractivity contribution in [3.05, 3.63) is 47.5 Å². The molecule has 0 radical (unpaired) electrons. The summed E-state index contributed by atoms with van der Waals surface area (Å²) in [6, 6.07) is 11.7. The highest BCUT2D eigenvalue weighted by Crippen LogP contribution is 2.30. The summed E-state index contributed by atoms with van der Waals surface area (Å²) in [5.74, 6) is 0.230. The van der Waals surface area contributed by atoms with E-state index in [4.69, 9.17) is 5.11 Å². The number of unbranched alkanes of at least 4 members (excludes halogenated alkanes) is 1. The Bertz CT molecular complexity index is 854. The molecule has 0 aliphatic heterocycles. The standard InChI is InChI=1S/C21H28N4O2/c1-3-24(4-2)15-17-13-16(9-7-8-12-26)14-20(21(17)27)25-22-18-10-5-6-11-19(18)23-25/h5-6,10-11,13-14,26-27H,3-4,7-9,12,15H2,1-2H3. The van der Waals surface area contributed by atoms with Crippen LogP contribution in [-0.2, 0) is 13.0 Å². The molecule has 0 aliphatic carbocycles. The monoisotopic (exact) mass is 368 g/mol. The second-order valence-electron chi connectivity index (χ2n) is 6.74. The SMILES string of the molecule is CCN(CC)Cc1cc(CCCCO)cc(-n2nc3ccccc3n2)c1O. The Hall–Kier alpha value is -2.44. The Labute approximate surface area is 160 Å². The van der Waals surface area contributed by atoms with E-state index in [0.717, 1.165) is 54.5 Å². The number of aromatic hydroxyl groups is 1. The van der Waals surface area contributed by atoms with Crippen molar-refractivity contribution in [1.82, 2.24) is 19.9 Å². The fourth-order valence-electron chi connectivity index (χ4n) is 3.26. The lowest BCUT2D eigenvalue weighted by atomic mass is 10.0. The molecule has 27 heavy (non-hydrogen) atoms. The first-order valence-corrected chi connectivity index (χ1v) is 9.66. The molecule has 0 saturated carbocycles. The van der Waals surface area contributed by atoms with Crippen LogP contribution in [0.4, 0.5) is 0 Å². The summed E-state index contributed by atoms with van der Waals surface area (Å²) in [6.45, 7) is 6.96. The van der Waals surface area contributed by atoms with Crippen LogP contribution in [0.25, 0.3) is 16.7 Å². The van der Waals surface area contributed by atoms with Crippen molar-refractivity contribution in [2.24, 2.45) is 0 Å². The molecule has 0 fully saturated rings. The van der Waals surface area contributed by atoms with E-state index in [9.17, 15) is 5.11 Å². The van der Waals surface area contributed by atoms with E-state index in [-0.39, 0.29) is 12.4 Å². The molecular weight excluding hydrogens is 340 g/mol. The fraction of sp³-hybridized carbons (Fsp3) is 0.429. The zero-order valence-corrected chi connectivity index (χ0v) is 16.1. The lowest BCUT2D eigenvalue weighted by Gasteiger charge is -2.20. The number of rotatable bonds is 9. The number of nitrogens with zero attached hydrogens (tertiary/aromatic N) is 4. The number of fused-ring (bicyclic) bond motifs is 1. The van der Waals surface area contributed by atoms with Gasteiger partial charge in [0.15, 0.2) is 0 Å². The maximum atomic E-state index is 10.9. The molecule has 144 valence electrons. The van der Waals surface area contributed by atoms with Gasteiger partial charge >= 0.3 is 0 Å². The lowest BCUT2D eigenvalue weighted by Crippen LogP contribution is -2.22. The number of phenolic OH excluding ortho intramolecular Hbond substituents is 1. The Morgan fingerprint density at radius 2 is 1.67 bits per heavy atom. The third-order valence-corrected chi connectivity index (χ3v) is 4.89. The minimum absolute atomic E-state index is 0.198. The first-order valence-electron chi connectivity index (χ1n) is 9.66. The van der Waals surface area contributed by atoms with E-state index < -0.39 is 0 Å². The zero-order chi connectivity index (χ0) is 19.2. The minimum atomic E-state index is 0.198. The largest absolute Gasteiger partial charge is 0.505 e. The van der Waals surface area contributed by atoms with Gasteiger partial charge in [0, 0.05) is 18.7 Å². The molecule has 3 rings (SSSR count). The summed E-state index contributed by atoms with van der Waals surface area (Å²) in [5.41, 5.74) is 4.21. The van der Waals surface area contributed by atoms with Crippen LogP contribution in [0.5, 0.6) is 5.75 Å². The van der Waals surface area contributed by atoms with E-state index in [1.807, 2.05) is 30.3 Å². The van der Waals surface area contributed by atoms with Crippen molar-refractivity contribution in [2.75, 3.05) is 19.7 Å². The van der Waals surface area contributed by atoms with Crippen molar-refractivity contribution in [2.45, 2.75) is 39.7 Å². The van der Waals surface area contributed by atoms with Gasteiger partial charge in [-0.15, -0.1) is 15.0 Å². The van der Waals surface area contributed by atoms with Gasteiger partial charge in [-0.25, -0.2) is 0 Å². The Kier molecular flexibility index (Phi) is 6.42. The predicted octanol–water partition coefficient (Wildman–Crippen LogP) is 3.28. The van der Waals surface area contributed by atoms with Crippen LogP contribution in [0, 0.1) is 0 Å². The number of hydrogen-bond acceptors (Lipinski definition) is 5. The topological polar surface area (TPSA) is 74.4 Å². The van der Waals surface area contributed by atoms with Crippen molar-refractivity contribution in [1.29, 1.82) is 0 Å². The van der Waals surface area contributed by atoms with Gasteiger partial charge in [-0.1, -0.05) is 32.0 Å². The molecule has 0 atom stereocenters. The van der Waals surface area contributed by atoms with E-state index in [1.54, 1.807) is 0 Å². The number of phenols is 1. The molecule has 2 aromatic carbocycles.